The summed E-state index contributed by atoms with van der Waals surface area (Å²) in [5, 5.41) is 0. The van der Waals surface area contributed by atoms with Crippen LogP contribution >= 0.6 is 15.9 Å². The third-order valence-corrected chi connectivity index (χ3v) is 2.43. The molecule has 0 spiro atoms. The van der Waals surface area contributed by atoms with Gasteiger partial charge in [0.25, 0.3) is 0 Å². The molecule has 1 amide bonds. The molecule has 0 aliphatic carbocycles. The molecular weight excluding hydrogens is 248 g/mol. The van der Waals surface area contributed by atoms with Crippen molar-refractivity contribution in [1.82, 2.24) is 4.98 Å². The number of aromatic nitrogens is 1. The van der Waals surface area contributed by atoms with Gasteiger partial charge in [-0.15, -0.1) is 0 Å². The molecule has 0 atom stereocenters. The van der Waals surface area contributed by atoms with Crippen molar-refractivity contribution >= 4 is 27.7 Å². The number of carbonyl (C=O) groups excluding carboxylic acids is 1. The molecule has 5 heteroatoms. The topological polar surface area (TPSA) is 42.4 Å². The summed E-state index contributed by atoms with van der Waals surface area (Å²) in [6, 6.07) is 3.59. The van der Waals surface area contributed by atoms with Crippen LogP contribution in [0.25, 0.3) is 0 Å². The Morgan fingerprint density at radius 2 is 2.43 bits per heavy atom. The second kappa shape index (κ2) is 3.96. The fourth-order valence-electron chi connectivity index (χ4n) is 1.35. The van der Waals surface area contributed by atoms with Crippen LogP contribution in [0.4, 0.5) is 10.5 Å². The molecule has 1 aromatic heterocycles. The number of cyclic esters (lactones) is 1. The van der Waals surface area contributed by atoms with Crippen molar-refractivity contribution in [2.24, 2.45) is 0 Å². The molecule has 0 N–H and O–H groups in total. The van der Waals surface area contributed by atoms with Crippen molar-refractivity contribution in [3.05, 3.63) is 22.9 Å². The van der Waals surface area contributed by atoms with Crippen molar-refractivity contribution in [2.45, 2.75) is 6.42 Å². The molecule has 1 fully saturated rings. The van der Waals surface area contributed by atoms with Crippen LogP contribution in [0, 0.1) is 0 Å². The minimum Gasteiger partial charge on any atom is -0.449 e. The first-order chi connectivity index (χ1) is 6.77. The van der Waals surface area contributed by atoms with Gasteiger partial charge in [0.2, 0.25) is 0 Å². The summed E-state index contributed by atoms with van der Waals surface area (Å²) in [5.74, 6) is 0. The smallest absolute Gasteiger partial charge is 0.414 e. The first-order valence-electron chi connectivity index (χ1n) is 4.33. The summed E-state index contributed by atoms with van der Waals surface area (Å²) in [5.41, 5.74) is 0.816. The highest BCUT2D eigenvalue weighted by Crippen LogP contribution is 2.20. The van der Waals surface area contributed by atoms with E-state index < -0.39 is 0 Å². The molecule has 1 aliphatic rings. The number of amides is 1. The Balaban J connectivity index is 2.24. The van der Waals surface area contributed by atoms with Gasteiger partial charge in [0.05, 0.1) is 12.3 Å². The van der Waals surface area contributed by atoms with Crippen LogP contribution < -0.4 is 4.90 Å². The minimum absolute atomic E-state index is 0.283. The monoisotopic (exact) mass is 256 g/mol. The van der Waals surface area contributed by atoms with E-state index >= 15 is 0 Å². The van der Waals surface area contributed by atoms with Gasteiger partial charge in [0, 0.05) is 12.7 Å². The largest absolute Gasteiger partial charge is 0.449 e. The molecule has 2 heterocycles. The van der Waals surface area contributed by atoms with E-state index in [9.17, 15) is 4.79 Å². The Hall–Kier alpha value is -1.10. The van der Waals surface area contributed by atoms with Gasteiger partial charge in [-0.05, 0) is 34.5 Å². The van der Waals surface area contributed by atoms with E-state index in [1.807, 2.05) is 0 Å². The number of carbonyl (C=O) groups is 1. The molecule has 14 heavy (non-hydrogen) atoms. The summed E-state index contributed by atoms with van der Waals surface area (Å²) in [6.45, 7) is 1.22. The lowest BCUT2D eigenvalue weighted by atomic mass is 10.3. The Morgan fingerprint density at radius 3 is 3.14 bits per heavy atom. The van der Waals surface area contributed by atoms with Crippen molar-refractivity contribution in [3.63, 3.8) is 0 Å². The van der Waals surface area contributed by atoms with E-state index in [2.05, 4.69) is 20.9 Å². The molecule has 0 aromatic carbocycles. The summed E-state index contributed by atoms with van der Waals surface area (Å²) in [4.78, 5) is 17.0. The molecular formula is C9H9BrN2O2. The van der Waals surface area contributed by atoms with Gasteiger partial charge in [-0.3, -0.25) is 4.90 Å². The Kier molecular flexibility index (Phi) is 2.67. The van der Waals surface area contributed by atoms with Crippen LogP contribution in [0.2, 0.25) is 0 Å². The summed E-state index contributed by atoms with van der Waals surface area (Å²) >= 11 is 3.26. The molecule has 0 bridgehead atoms. The van der Waals surface area contributed by atoms with E-state index in [0.29, 0.717) is 17.8 Å². The molecule has 74 valence electrons. The maximum Gasteiger partial charge on any atom is 0.414 e. The van der Waals surface area contributed by atoms with Crippen LogP contribution in [-0.4, -0.2) is 24.2 Å². The second-order valence-electron chi connectivity index (χ2n) is 2.96. The van der Waals surface area contributed by atoms with E-state index in [-0.39, 0.29) is 6.09 Å². The van der Waals surface area contributed by atoms with Gasteiger partial charge in [-0.2, -0.15) is 0 Å². The predicted octanol–water partition coefficient (Wildman–Crippen LogP) is 2.19. The lowest BCUT2D eigenvalue weighted by Crippen LogP contribution is -2.37. The Morgan fingerprint density at radius 1 is 1.57 bits per heavy atom. The number of rotatable bonds is 1. The number of halogens is 1. The highest BCUT2D eigenvalue weighted by molar-refractivity contribution is 9.10. The maximum atomic E-state index is 11.4. The van der Waals surface area contributed by atoms with E-state index in [1.165, 1.54) is 0 Å². The van der Waals surface area contributed by atoms with E-state index in [1.54, 1.807) is 23.2 Å². The molecule has 2 rings (SSSR count). The van der Waals surface area contributed by atoms with Crippen LogP contribution in [0.15, 0.2) is 22.9 Å². The second-order valence-corrected chi connectivity index (χ2v) is 3.77. The number of pyridine rings is 1. The number of ether oxygens (including phenoxy) is 1. The number of nitrogens with zero attached hydrogens (tertiary/aromatic N) is 2. The van der Waals surface area contributed by atoms with E-state index in [4.69, 9.17) is 4.74 Å². The van der Waals surface area contributed by atoms with Crippen molar-refractivity contribution in [2.75, 3.05) is 18.1 Å². The third-order valence-electron chi connectivity index (χ3n) is 1.99. The Labute approximate surface area is 90.0 Å². The third kappa shape index (κ3) is 1.87. The number of hydrogen-bond acceptors (Lipinski definition) is 3. The average molecular weight is 257 g/mol. The zero-order valence-electron chi connectivity index (χ0n) is 7.44. The highest BCUT2D eigenvalue weighted by atomic mass is 79.9. The lowest BCUT2D eigenvalue weighted by molar-refractivity contribution is 0.140. The van der Waals surface area contributed by atoms with Crippen molar-refractivity contribution < 1.29 is 9.53 Å². The summed E-state index contributed by atoms with van der Waals surface area (Å²) < 4.78 is 5.65. The minimum atomic E-state index is -0.283. The Bertz CT molecular complexity index is 356. The van der Waals surface area contributed by atoms with Crippen LogP contribution in [0.1, 0.15) is 6.42 Å². The molecule has 0 unspecified atom stereocenters. The van der Waals surface area contributed by atoms with Crippen LogP contribution in [0.5, 0.6) is 0 Å². The first-order valence-corrected chi connectivity index (χ1v) is 5.12. The molecule has 1 aromatic rings. The molecule has 0 saturated carbocycles. The number of hydrogen-bond donors (Lipinski definition) is 0. The van der Waals surface area contributed by atoms with Gasteiger partial charge in [-0.1, -0.05) is 0 Å². The van der Waals surface area contributed by atoms with Gasteiger partial charge in [-0.25, -0.2) is 9.78 Å². The molecule has 0 radical (unpaired) electrons. The summed E-state index contributed by atoms with van der Waals surface area (Å²) in [6.07, 6.45) is 2.24. The van der Waals surface area contributed by atoms with Gasteiger partial charge in [0.15, 0.2) is 0 Å². The predicted molar refractivity (Wildman–Crippen MR) is 55.2 cm³/mol. The lowest BCUT2D eigenvalue weighted by Gasteiger charge is -2.26. The fraction of sp³-hybridized carbons (Fsp3) is 0.333. The average Bonchev–Trinajstić information content (AvgIpc) is 2.18. The summed E-state index contributed by atoms with van der Waals surface area (Å²) in [7, 11) is 0. The van der Waals surface area contributed by atoms with Gasteiger partial charge >= 0.3 is 6.09 Å². The van der Waals surface area contributed by atoms with Crippen molar-refractivity contribution in [3.8, 4) is 0 Å². The van der Waals surface area contributed by atoms with Gasteiger partial charge < -0.3 is 4.74 Å². The van der Waals surface area contributed by atoms with E-state index in [0.717, 1.165) is 12.1 Å². The molecule has 1 aliphatic heterocycles. The van der Waals surface area contributed by atoms with Gasteiger partial charge in [0.1, 0.15) is 4.60 Å². The van der Waals surface area contributed by atoms with Crippen LogP contribution in [0.3, 0.4) is 0 Å². The first kappa shape index (κ1) is 9.45. The zero-order chi connectivity index (χ0) is 9.97. The van der Waals surface area contributed by atoms with Crippen LogP contribution in [-0.2, 0) is 4.74 Å². The standard InChI is InChI=1S/C9H9BrN2O2/c10-8-6-7(2-3-11-8)12-4-1-5-14-9(12)13/h2-3,6H,1,4-5H2. The molecule has 4 nitrogen and oxygen atoms in total. The highest BCUT2D eigenvalue weighted by Gasteiger charge is 2.21. The normalized spacial score (nSPS) is 16.6. The zero-order valence-corrected chi connectivity index (χ0v) is 9.03. The SMILES string of the molecule is O=C1OCCCN1c1ccnc(Br)c1. The maximum absolute atomic E-state index is 11.4. The number of anilines is 1. The molecule has 1 saturated heterocycles. The van der Waals surface area contributed by atoms with Crippen molar-refractivity contribution in [1.29, 1.82) is 0 Å². The quantitative estimate of drug-likeness (QED) is 0.724. The fourth-order valence-corrected chi connectivity index (χ4v) is 1.70.